The van der Waals surface area contributed by atoms with Gasteiger partial charge in [0, 0.05) is 20.1 Å². The topological polar surface area (TPSA) is 64.4 Å². The average Bonchev–Trinajstić information content (AvgIpc) is 3.14. The van der Waals surface area contributed by atoms with Crippen LogP contribution in [0.4, 0.5) is 0 Å². The zero-order valence-corrected chi connectivity index (χ0v) is 15.3. The number of benzene rings is 1. The Bertz CT molecular complexity index is 841. The number of sulfonamides is 1. The van der Waals surface area contributed by atoms with E-state index in [1.165, 1.54) is 0 Å². The van der Waals surface area contributed by atoms with Crippen molar-refractivity contribution >= 4 is 10.0 Å². The van der Waals surface area contributed by atoms with Crippen molar-refractivity contribution in [1.82, 2.24) is 14.1 Å². The highest BCUT2D eigenvalue weighted by molar-refractivity contribution is 7.89. The zero-order chi connectivity index (χ0) is 17.5. The Morgan fingerprint density at radius 3 is 2.42 bits per heavy atom. The molecule has 0 bridgehead atoms. The second kappa shape index (κ2) is 6.22. The lowest BCUT2D eigenvalue weighted by Gasteiger charge is -2.17. The molecule has 1 fully saturated rings. The van der Waals surface area contributed by atoms with Crippen molar-refractivity contribution in [2.45, 2.75) is 31.1 Å². The van der Waals surface area contributed by atoms with Crippen LogP contribution in [0.15, 0.2) is 29.2 Å². The summed E-state index contributed by atoms with van der Waals surface area (Å²) in [6.07, 6.45) is 0.823. The molecule has 0 radical (unpaired) electrons. The molecule has 1 aromatic heterocycles. The monoisotopic (exact) mass is 349 g/mol. The van der Waals surface area contributed by atoms with Crippen molar-refractivity contribution in [3.8, 4) is 5.75 Å². The molecule has 1 saturated heterocycles. The molecule has 130 valence electrons. The second-order valence-electron chi connectivity index (χ2n) is 6.25. The summed E-state index contributed by atoms with van der Waals surface area (Å²) in [6, 6.07) is 7.87. The summed E-state index contributed by atoms with van der Waals surface area (Å²) in [5.41, 5.74) is 2.39. The molecular weight excluding hydrogens is 326 g/mol. The van der Waals surface area contributed by atoms with Gasteiger partial charge in [0.2, 0.25) is 10.0 Å². The Kier molecular flexibility index (Phi) is 4.40. The number of aryl methyl sites for hydroxylation is 2. The summed E-state index contributed by atoms with van der Waals surface area (Å²) in [4.78, 5) is 0.348. The summed E-state index contributed by atoms with van der Waals surface area (Å²) >= 11 is 0. The lowest BCUT2D eigenvalue weighted by atomic mass is 9.99. The van der Waals surface area contributed by atoms with E-state index < -0.39 is 10.0 Å². The smallest absolute Gasteiger partial charge is 0.246 e. The van der Waals surface area contributed by atoms with E-state index in [9.17, 15) is 8.42 Å². The van der Waals surface area contributed by atoms with Crippen LogP contribution in [-0.4, -0.2) is 42.7 Å². The van der Waals surface area contributed by atoms with Crippen LogP contribution in [0, 0.1) is 13.8 Å². The maximum Gasteiger partial charge on any atom is 0.246 e. The number of ether oxygens (including phenoxy) is 1. The maximum atomic E-state index is 13.0. The molecule has 0 spiro atoms. The van der Waals surface area contributed by atoms with Gasteiger partial charge in [0.05, 0.1) is 18.5 Å². The molecule has 2 heterocycles. The Morgan fingerprint density at radius 1 is 1.21 bits per heavy atom. The molecule has 7 heteroatoms. The largest absolute Gasteiger partial charge is 0.497 e. The van der Waals surface area contributed by atoms with Crippen LogP contribution in [0.3, 0.4) is 0 Å². The third-order valence-corrected chi connectivity index (χ3v) is 6.90. The lowest BCUT2D eigenvalue weighted by molar-refractivity contribution is 0.414. The number of hydrogen-bond donors (Lipinski definition) is 0. The van der Waals surface area contributed by atoms with E-state index in [0.717, 1.165) is 17.7 Å². The molecule has 0 amide bonds. The lowest BCUT2D eigenvalue weighted by Crippen LogP contribution is -2.29. The van der Waals surface area contributed by atoms with Crippen molar-refractivity contribution in [2.75, 3.05) is 20.2 Å². The summed E-state index contributed by atoms with van der Waals surface area (Å²) in [5.74, 6) is 1.02. The highest BCUT2D eigenvalue weighted by atomic mass is 32.2. The van der Waals surface area contributed by atoms with Crippen LogP contribution in [0.5, 0.6) is 5.75 Å². The fraction of sp³-hybridized carbons (Fsp3) is 0.471. The molecule has 3 rings (SSSR count). The minimum absolute atomic E-state index is 0.211. The summed E-state index contributed by atoms with van der Waals surface area (Å²) in [6.45, 7) is 4.58. The van der Waals surface area contributed by atoms with Gasteiger partial charge < -0.3 is 4.74 Å². The van der Waals surface area contributed by atoms with Gasteiger partial charge in [-0.15, -0.1) is 0 Å². The fourth-order valence-corrected chi connectivity index (χ4v) is 5.25. The van der Waals surface area contributed by atoms with E-state index in [1.54, 1.807) is 37.0 Å². The minimum atomic E-state index is -3.51. The van der Waals surface area contributed by atoms with Gasteiger partial charge in [-0.25, -0.2) is 8.42 Å². The standard InChI is InChI=1S/C17H23N3O3S/c1-12-17(13(2)19(3)18-12)24(21,22)20-10-9-15(11-20)14-5-7-16(23-4)8-6-14/h5-8,15H,9-11H2,1-4H3/t15-/m1/s1. The molecule has 24 heavy (non-hydrogen) atoms. The molecule has 6 nitrogen and oxygen atoms in total. The van der Waals surface area contributed by atoms with E-state index in [2.05, 4.69) is 5.10 Å². The first-order valence-electron chi connectivity index (χ1n) is 7.99. The highest BCUT2D eigenvalue weighted by Gasteiger charge is 2.36. The number of aromatic nitrogens is 2. The molecule has 0 N–H and O–H groups in total. The highest BCUT2D eigenvalue weighted by Crippen LogP contribution is 2.33. The maximum absolute atomic E-state index is 13.0. The van der Waals surface area contributed by atoms with E-state index in [4.69, 9.17) is 4.74 Å². The zero-order valence-electron chi connectivity index (χ0n) is 14.5. The normalized spacial score (nSPS) is 18.9. The van der Waals surface area contributed by atoms with Crippen molar-refractivity contribution in [2.24, 2.45) is 7.05 Å². The van der Waals surface area contributed by atoms with Gasteiger partial charge in [-0.05, 0) is 43.9 Å². The Balaban J connectivity index is 1.84. The molecule has 0 unspecified atom stereocenters. The van der Waals surface area contributed by atoms with Gasteiger partial charge >= 0.3 is 0 Å². The van der Waals surface area contributed by atoms with E-state index >= 15 is 0 Å². The first-order valence-corrected chi connectivity index (χ1v) is 9.43. The first-order chi connectivity index (χ1) is 11.3. The van der Waals surface area contributed by atoms with E-state index in [0.29, 0.717) is 29.4 Å². The number of methoxy groups -OCH3 is 1. The van der Waals surface area contributed by atoms with Crippen molar-refractivity contribution < 1.29 is 13.2 Å². The molecule has 1 aromatic carbocycles. The molecular formula is C17H23N3O3S. The molecule has 1 aliphatic heterocycles. The van der Waals surface area contributed by atoms with Crippen LogP contribution in [-0.2, 0) is 17.1 Å². The van der Waals surface area contributed by atoms with E-state index in [-0.39, 0.29) is 5.92 Å². The predicted molar refractivity (Wildman–Crippen MR) is 91.8 cm³/mol. The minimum Gasteiger partial charge on any atom is -0.497 e. The van der Waals surface area contributed by atoms with E-state index in [1.807, 2.05) is 24.3 Å². The van der Waals surface area contributed by atoms with Crippen LogP contribution in [0.2, 0.25) is 0 Å². The number of hydrogen-bond acceptors (Lipinski definition) is 4. The molecule has 0 saturated carbocycles. The number of nitrogens with zero attached hydrogens (tertiary/aromatic N) is 3. The third kappa shape index (κ3) is 2.82. The van der Waals surface area contributed by atoms with Gasteiger partial charge in [-0.1, -0.05) is 12.1 Å². The van der Waals surface area contributed by atoms with Crippen LogP contribution in [0.25, 0.3) is 0 Å². The van der Waals surface area contributed by atoms with Gasteiger partial charge in [-0.3, -0.25) is 4.68 Å². The summed E-state index contributed by atoms with van der Waals surface area (Å²) < 4.78 is 34.4. The number of rotatable bonds is 4. The average molecular weight is 349 g/mol. The fourth-order valence-electron chi connectivity index (χ4n) is 3.35. The molecule has 1 atom stereocenters. The first kappa shape index (κ1) is 17.0. The van der Waals surface area contributed by atoms with Crippen LogP contribution >= 0.6 is 0 Å². The SMILES string of the molecule is COc1ccc([C@@H]2CCN(S(=O)(=O)c3c(C)nn(C)c3C)C2)cc1. The third-order valence-electron chi connectivity index (χ3n) is 4.78. The van der Waals surface area contributed by atoms with Gasteiger partial charge in [0.25, 0.3) is 0 Å². The Labute approximate surface area is 143 Å². The van der Waals surface area contributed by atoms with Crippen LogP contribution in [0.1, 0.15) is 29.3 Å². The molecule has 2 aromatic rings. The van der Waals surface area contributed by atoms with Gasteiger partial charge in [-0.2, -0.15) is 9.40 Å². The summed E-state index contributed by atoms with van der Waals surface area (Å²) in [7, 11) is -0.102. The van der Waals surface area contributed by atoms with Crippen molar-refractivity contribution in [1.29, 1.82) is 0 Å². The van der Waals surface area contributed by atoms with Gasteiger partial charge in [0.15, 0.2) is 0 Å². The summed E-state index contributed by atoms with van der Waals surface area (Å²) in [5, 5.41) is 4.24. The Hall–Kier alpha value is -1.86. The molecule has 0 aliphatic carbocycles. The van der Waals surface area contributed by atoms with Crippen molar-refractivity contribution in [3.05, 3.63) is 41.2 Å². The predicted octanol–water partition coefficient (Wildman–Crippen LogP) is 2.22. The van der Waals surface area contributed by atoms with Crippen molar-refractivity contribution in [3.63, 3.8) is 0 Å². The quantitative estimate of drug-likeness (QED) is 0.849. The van der Waals surface area contributed by atoms with Gasteiger partial charge in [0.1, 0.15) is 10.6 Å². The Morgan fingerprint density at radius 2 is 1.88 bits per heavy atom. The van der Waals surface area contributed by atoms with Crippen LogP contribution < -0.4 is 4.74 Å². The second-order valence-corrected chi connectivity index (χ2v) is 8.12. The molecule has 1 aliphatic rings.